The maximum atomic E-state index is 14.5. The maximum Gasteiger partial charge on any atom is 0.151 e. The summed E-state index contributed by atoms with van der Waals surface area (Å²) in [6, 6.07) is 31.9. The SMILES string of the molecule is COc1ccccc1[P@@](=O)(Cc1cccc2ccccc12)c1ccccc1. The van der Waals surface area contributed by atoms with Crippen LogP contribution in [0.5, 0.6) is 5.75 Å². The van der Waals surface area contributed by atoms with Crippen molar-refractivity contribution in [2.45, 2.75) is 6.16 Å². The van der Waals surface area contributed by atoms with Crippen molar-refractivity contribution >= 4 is 28.5 Å². The van der Waals surface area contributed by atoms with Gasteiger partial charge in [0.25, 0.3) is 0 Å². The molecule has 134 valence electrons. The van der Waals surface area contributed by atoms with Crippen LogP contribution >= 0.6 is 7.14 Å². The van der Waals surface area contributed by atoms with E-state index in [0.717, 1.165) is 26.9 Å². The zero-order chi connectivity index (χ0) is 18.7. The summed E-state index contributed by atoms with van der Waals surface area (Å²) in [4.78, 5) is 0. The Morgan fingerprint density at radius 2 is 1.41 bits per heavy atom. The topological polar surface area (TPSA) is 26.3 Å². The average Bonchev–Trinajstić information content (AvgIpc) is 2.74. The highest BCUT2D eigenvalue weighted by Gasteiger charge is 2.31. The molecule has 4 aromatic rings. The monoisotopic (exact) mass is 372 g/mol. The number of methoxy groups -OCH3 is 1. The van der Waals surface area contributed by atoms with E-state index < -0.39 is 7.14 Å². The quantitative estimate of drug-likeness (QED) is 0.441. The molecule has 27 heavy (non-hydrogen) atoms. The van der Waals surface area contributed by atoms with Crippen LogP contribution in [0.3, 0.4) is 0 Å². The van der Waals surface area contributed by atoms with Gasteiger partial charge in [0.1, 0.15) is 5.75 Å². The standard InChI is InChI=1S/C24H21O2P/c1-26-23-16-7-8-17-24(23)27(25,21-13-3-2-4-14-21)18-20-12-9-11-19-10-5-6-15-22(19)20/h2-17H,18H2,1H3/t27-/m1/s1. The Hall–Kier alpha value is -2.83. The molecule has 0 N–H and O–H groups in total. The second-order valence-corrected chi connectivity index (χ2v) is 9.34. The molecule has 0 aliphatic rings. The highest BCUT2D eigenvalue weighted by molar-refractivity contribution is 7.78. The molecule has 0 saturated heterocycles. The molecule has 0 fully saturated rings. The van der Waals surface area contributed by atoms with Crippen molar-refractivity contribution < 1.29 is 9.30 Å². The molecule has 0 bridgehead atoms. The Labute approximate surface area is 159 Å². The normalized spacial score (nSPS) is 13.2. The van der Waals surface area contributed by atoms with Crippen molar-refractivity contribution in [1.82, 2.24) is 0 Å². The summed E-state index contributed by atoms with van der Waals surface area (Å²) >= 11 is 0. The predicted octanol–water partition coefficient (Wildman–Crippen LogP) is 5.36. The van der Waals surface area contributed by atoms with E-state index in [0.29, 0.717) is 11.9 Å². The van der Waals surface area contributed by atoms with Crippen LogP contribution in [-0.2, 0) is 10.7 Å². The van der Waals surface area contributed by atoms with E-state index >= 15 is 0 Å². The first-order valence-electron chi connectivity index (χ1n) is 8.97. The zero-order valence-electron chi connectivity index (χ0n) is 15.2. The van der Waals surface area contributed by atoms with Gasteiger partial charge in [0.15, 0.2) is 7.14 Å². The fraction of sp³-hybridized carbons (Fsp3) is 0.0833. The molecule has 1 atom stereocenters. The molecule has 0 amide bonds. The Balaban J connectivity index is 1.93. The Bertz CT molecular complexity index is 1110. The van der Waals surface area contributed by atoms with E-state index in [-0.39, 0.29) is 0 Å². The summed E-state index contributed by atoms with van der Waals surface area (Å²) in [6.45, 7) is 0. The molecule has 0 spiro atoms. The van der Waals surface area contributed by atoms with Crippen LogP contribution in [0, 0.1) is 0 Å². The maximum absolute atomic E-state index is 14.5. The number of benzene rings is 4. The van der Waals surface area contributed by atoms with Crippen LogP contribution in [0.2, 0.25) is 0 Å². The largest absolute Gasteiger partial charge is 0.496 e. The molecular formula is C24H21O2P. The molecule has 0 radical (unpaired) electrons. The van der Waals surface area contributed by atoms with Gasteiger partial charge in [-0.2, -0.15) is 0 Å². The van der Waals surface area contributed by atoms with Gasteiger partial charge in [-0.1, -0.05) is 84.9 Å². The molecule has 0 heterocycles. The van der Waals surface area contributed by atoms with Crippen molar-refractivity contribution in [2.24, 2.45) is 0 Å². The lowest BCUT2D eigenvalue weighted by molar-refractivity contribution is 0.418. The van der Waals surface area contributed by atoms with Crippen LogP contribution in [0.4, 0.5) is 0 Å². The molecule has 0 aliphatic heterocycles. The second kappa shape index (κ2) is 7.42. The van der Waals surface area contributed by atoms with Crippen molar-refractivity contribution in [3.8, 4) is 5.75 Å². The minimum Gasteiger partial charge on any atom is -0.496 e. The van der Waals surface area contributed by atoms with Crippen molar-refractivity contribution in [1.29, 1.82) is 0 Å². The summed E-state index contributed by atoms with van der Waals surface area (Å²) in [5.74, 6) is 0.671. The van der Waals surface area contributed by atoms with Gasteiger partial charge in [0.05, 0.1) is 12.4 Å². The molecule has 4 rings (SSSR count). The van der Waals surface area contributed by atoms with E-state index in [1.165, 1.54) is 0 Å². The van der Waals surface area contributed by atoms with E-state index in [2.05, 4.69) is 24.3 Å². The zero-order valence-corrected chi connectivity index (χ0v) is 16.1. The van der Waals surface area contributed by atoms with Crippen LogP contribution in [0.25, 0.3) is 10.8 Å². The molecule has 4 aromatic carbocycles. The lowest BCUT2D eigenvalue weighted by Crippen LogP contribution is -2.19. The number of rotatable bonds is 5. The average molecular weight is 372 g/mol. The number of hydrogen-bond donors (Lipinski definition) is 0. The number of hydrogen-bond acceptors (Lipinski definition) is 2. The minimum atomic E-state index is -2.93. The lowest BCUT2D eigenvalue weighted by Gasteiger charge is -2.22. The van der Waals surface area contributed by atoms with Gasteiger partial charge in [0, 0.05) is 11.5 Å². The molecular weight excluding hydrogens is 351 g/mol. The Morgan fingerprint density at radius 3 is 2.22 bits per heavy atom. The molecule has 0 saturated carbocycles. The molecule has 0 unspecified atom stereocenters. The number of para-hydroxylation sites is 1. The Kier molecular flexibility index (Phi) is 4.83. The summed E-state index contributed by atoms with van der Waals surface area (Å²) < 4.78 is 20.1. The van der Waals surface area contributed by atoms with Crippen molar-refractivity contribution in [3.05, 3.63) is 103 Å². The van der Waals surface area contributed by atoms with Crippen molar-refractivity contribution in [2.75, 3.05) is 7.11 Å². The van der Waals surface area contributed by atoms with Gasteiger partial charge in [-0.15, -0.1) is 0 Å². The third-order valence-corrected chi connectivity index (χ3v) is 7.99. The fourth-order valence-electron chi connectivity index (χ4n) is 3.58. The van der Waals surface area contributed by atoms with Gasteiger partial charge in [-0.3, -0.25) is 0 Å². The van der Waals surface area contributed by atoms with Crippen LogP contribution in [0.15, 0.2) is 97.1 Å². The molecule has 0 aliphatic carbocycles. The predicted molar refractivity (Wildman–Crippen MR) is 114 cm³/mol. The van der Waals surface area contributed by atoms with Crippen molar-refractivity contribution in [3.63, 3.8) is 0 Å². The highest BCUT2D eigenvalue weighted by atomic mass is 31.2. The highest BCUT2D eigenvalue weighted by Crippen LogP contribution is 2.50. The van der Waals surface area contributed by atoms with E-state index in [1.807, 2.05) is 72.8 Å². The van der Waals surface area contributed by atoms with Gasteiger partial charge in [-0.25, -0.2) is 0 Å². The molecule has 3 heteroatoms. The van der Waals surface area contributed by atoms with Crippen LogP contribution in [0.1, 0.15) is 5.56 Å². The molecule has 2 nitrogen and oxygen atoms in total. The van der Waals surface area contributed by atoms with Crippen LogP contribution in [-0.4, -0.2) is 7.11 Å². The summed E-state index contributed by atoms with van der Waals surface area (Å²) in [7, 11) is -1.30. The third-order valence-electron chi connectivity index (χ3n) is 4.92. The summed E-state index contributed by atoms with van der Waals surface area (Å²) in [6.07, 6.45) is 0.457. The summed E-state index contributed by atoms with van der Waals surface area (Å²) in [5.41, 5.74) is 1.09. The Morgan fingerprint density at radius 1 is 0.741 bits per heavy atom. The van der Waals surface area contributed by atoms with Gasteiger partial charge < -0.3 is 9.30 Å². The van der Waals surface area contributed by atoms with Gasteiger partial charge >= 0.3 is 0 Å². The van der Waals surface area contributed by atoms with Crippen LogP contribution < -0.4 is 15.3 Å². The first kappa shape index (κ1) is 17.6. The third kappa shape index (κ3) is 3.29. The molecule has 0 aromatic heterocycles. The van der Waals surface area contributed by atoms with E-state index in [4.69, 9.17) is 4.74 Å². The van der Waals surface area contributed by atoms with Gasteiger partial charge in [0.2, 0.25) is 0 Å². The first-order chi connectivity index (χ1) is 13.2. The lowest BCUT2D eigenvalue weighted by atomic mass is 10.1. The second-order valence-electron chi connectivity index (χ2n) is 6.54. The minimum absolute atomic E-state index is 0.457. The number of ether oxygens (including phenoxy) is 1. The first-order valence-corrected chi connectivity index (χ1v) is 10.9. The van der Waals surface area contributed by atoms with E-state index in [1.54, 1.807) is 7.11 Å². The van der Waals surface area contributed by atoms with Gasteiger partial charge in [-0.05, 0) is 28.5 Å². The summed E-state index contributed by atoms with van der Waals surface area (Å²) in [5, 5.41) is 3.93. The number of fused-ring (bicyclic) bond motifs is 1. The van der Waals surface area contributed by atoms with E-state index in [9.17, 15) is 4.57 Å². The fourth-order valence-corrected chi connectivity index (χ4v) is 6.47. The smallest absolute Gasteiger partial charge is 0.151 e.